The van der Waals surface area contributed by atoms with Crippen LogP contribution in [0.4, 0.5) is 0 Å². The lowest BCUT2D eigenvalue weighted by atomic mass is 9.46. The van der Waals surface area contributed by atoms with Crippen molar-refractivity contribution in [2.75, 3.05) is 0 Å². The number of carbonyl (C=O) groups excluding carboxylic acids is 1. The fourth-order valence-electron chi connectivity index (χ4n) is 8.01. The molecule has 0 bridgehead atoms. The van der Waals surface area contributed by atoms with E-state index in [0.717, 1.165) is 38.5 Å². The predicted molar refractivity (Wildman–Crippen MR) is 111 cm³/mol. The molecule has 0 spiro atoms. The predicted octanol–water partition coefficient (Wildman–Crippen LogP) is 4.73. The van der Waals surface area contributed by atoms with Crippen LogP contribution in [0.2, 0.25) is 0 Å². The Balaban J connectivity index is 1.65. The van der Waals surface area contributed by atoms with Crippen LogP contribution >= 0.6 is 15.9 Å². The third-order valence-corrected chi connectivity index (χ3v) is 10.1. The first-order valence-electron chi connectivity index (χ1n) is 10.8. The third kappa shape index (κ3) is 2.94. The van der Waals surface area contributed by atoms with Crippen molar-refractivity contribution in [3.63, 3.8) is 0 Å². The van der Waals surface area contributed by atoms with E-state index in [1.165, 1.54) is 5.57 Å². The Morgan fingerprint density at radius 2 is 1.96 bits per heavy atom. The van der Waals surface area contributed by atoms with Crippen molar-refractivity contribution in [1.29, 1.82) is 0 Å². The molecule has 3 saturated carbocycles. The van der Waals surface area contributed by atoms with Gasteiger partial charge in [0.15, 0.2) is 5.78 Å². The van der Waals surface area contributed by atoms with Gasteiger partial charge >= 0.3 is 5.97 Å². The first-order chi connectivity index (χ1) is 13.0. The lowest BCUT2D eigenvalue weighted by molar-refractivity contribution is -0.150. The number of hydrogen-bond acceptors (Lipinski definition) is 3. The van der Waals surface area contributed by atoms with E-state index in [1.54, 1.807) is 6.92 Å². The standard InChI is InChI=1S/C23H33BrO4/c1-21-8-6-13(25)10-17(21)18(24)11-14-15-4-5-19(23(3,28)12-20(26)27)22(15,2)9-7-16(14)21/h10,14-16,18-19,28H,4-9,11-12H2,1-3H3,(H,26,27)/t14-,15-,16-,18+,19-,21+,22-,23-/m0/s1. The van der Waals surface area contributed by atoms with Gasteiger partial charge in [0.05, 0.1) is 12.0 Å². The van der Waals surface area contributed by atoms with E-state index in [0.29, 0.717) is 24.2 Å². The molecule has 0 unspecified atom stereocenters. The summed E-state index contributed by atoms with van der Waals surface area (Å²) in [4.78, 5) is 23.7. The second kappa shape index (κ2) is 6.66. The van der Waals surface area contributed by atoms with Crippen LogP contribution in [-0.2, 0) is 9.59 Å². The van der Waals surface area contributed by atoms with Crippen LogP contribution < -0.4 is 0 Å². The SMILES string of the molecule is C[C@]12CC[C@H]3[C@@H](C[C@@H](Br)C4=CC(=O)CC[C@@]43C)[C@@H]1CC[C@@H]2[C@@](C)(O)CC(=O)O. The maximum atomic E-state index is 12.1. The average molecular weight is 453 g/mol. The fraction of sp³-hybridized carbons (Fsp3) is 0.826. The van der Waals surface area contributed by atoms with E-state index in [-0.39, 0.29) is 33.8 Å². The normalized spacial score (nSPS) is 47.4. The molecule has 0 aromatic heterocycles. The second-order valence-electron chi connectivity index (χ2n) is 10.7. The number of carboxylic acid groups (broad SMARTS) is 1. The molecule has 2 N–H and O–H groups in total. The molecule has 0 amide bonds. The van der Waals surface area contributed by atoms with Crippen molar-refractivity contribution in [2.45, 2.75) is 82.6 Å². The van der Waals surface area contributed by atoms with Gasteiger partial charge in [-0.3, -0.25) is 9.59 Å². The highest BCUT2D eigenvalue weighted by molar-refractivity contribution is 9.09. The summed E-state index contributed by atoms with van der Waals surface area (Å²) in [5.74, 6) is 1.06. The summed E-state index contributed by atoms with van der Waals surface area (Å²) in [5, 5.41) is 20.4. The number of rotatable bonds is 3. The summed E-state index contributed by atoms with van der Waals surface area (Å²) in [6.07, 6.45) is 8.53. The molecule has 4 aliphatic carbocycles. The van der Waals surface area contributed by atoms with Crippen LogP contribution in [0, 0.1) is 34.5 Å². The maximum absolute atomic E-state index is 12.1. The molecule has 0 aromatic carbocycles. The van der Waals surface area contributed by atoms with Crippen molar-refractivity contribution in [3.8, 4) is 0 Å². The van der Waals surface area contributed by atoms with Crippen LogP contribution in [0.15, 0.2) is 11.6 Å². The number of hydrogen-bond donors (Lipinski definition) is 2. The van der Waals surface area contributed by atoms with Crippen molar-refractivity contribution in [1.82, 2.24) is 0 Å². The molecule has 4 rings (SSSR count). The Hall–Kier alpha value is -0.680. The minimum absolute atomic E-state index is 0.00506. The topological polar surface area (TPSA) is 74.6 Å². The molecule has 0 saturated heterocycles. The van der Waals surface area contributed by atoms with Gasteiger partial charge in [0.2, 0.25) is 0 Å². The Labute approximate surface area is 176 Å². The molecule has 0 heterocycles. The molecule has 0 aromatic rings. The van der Waals surface area contributed by atoms with E-state index >= 15 is 0 Å². The van der Waals surface area contributed by atoms with Gasteiger partial charge in [-0.05, 0) is 91.6 Å². The molecule has 4 aliphatic rings. The molecule has 3 fully saturated rings. The number of alkyl halides is 1. The van der Waals surface area contributed by atoms with E-state index in [9.17, 15) is 19.8 Å². The van der Waals surface area contributed by atoms with Gasteiger partial charge in [-0.2, -0.15) is 0 Å². The van der Waals surface area contributed by atoms with Gasteiger partial charge in [-0.15, -0.1) is 0 Å². The summed E-state index contributed by atoms with van der Waals surface area (Å²) < 4.78 is 0. The van der Waals surface area contributed by atoms with Gasteiger partial charge in [-0.1, -0.05) is 29.8 Å². The van der Waals surface area contributed by atoms with E-state index in [1.807, 2.05) is 6.08 Å². The van der Waals surface area contributed by atoms with E-state index in [4.69, 9.17) is 0 Å². The minimum atomic E-state index is -1.16. The minimum Gasteiger partial charge on any atom is -0.481 e. The number of allylic oxidation sites excluding steroid dienone is 1. The third-order valence-electron chi connectivity index (χ3n) is 9.20. The number of carbonyl (C=O) groups is 2. The fourth-order valence-corrected chi connectivity index (χ4v) is 9.10. The molecule has 5 heteroatoms. The largest absolute Gasteiger partial charge is 0.481 e. The molecular formula is C23H33BrO4. The average Bonchev–Trinajstić information content (AvgIpc) is 2.94. The maximum Gasteiger partial charge on any atom is 0.306 e. The molecule has 0 radical (unpaired) electrons. The number of ketones is 1. The van der Waals surface area contributed by atoms with E-state index in [2.05, 4.69) is 29.8 Å². The zero-order valence-electron chi connectivity index (χ0n) is 17.2. The molecule has 4 nitrogen and oxygen atoms in total. The summed E-state index contributed by atoms with van der Waals surface area (Å²) >= 11 is 3.91. The lowest BCUT2D eigenvalue weighted by Gasteiger charge is -2.60. The summed E-state index contributed by atoms with van der Waals surface area (Å²) in [5.41, 5.74) is 0.237. The van der Waals surface area contributed by atoms with Gasteiger partial charge in [0.1, 0.15) is 0 Å². The molecule has 0 aliphatic heterocycles. The van der Waals surface area contributed by atoms with Gasteiger partial charge in [0, 0.05) is 11.2 Å². The highest BCUT2D eigenvalue weighted by Gasteiger charge is 2.62. The van der Waals surface area contributed by atoms with Gasteiger partial charge in [0.25, 0.3) is 0 Å². The Morgan fingerprint density at radius 3 is 2.64 bits per heavy atom. The Bertz CT molecular complexity index is 728. The Morgan fingerprint density at radius 1 is 1.25 bits per heavy atom. The number of carboxylic acids is 1. The summed E-state index contributed by atoms with van der Waals surface area (Å²) in [6.45, 7) is 6.41. The number of aliphatic carboxylic acids is 1. The molecule has 156 valence electrons. The second-order valence-corrected chi connectivity index (χ2v) is 11.8. The number of aliphatic hydroxyl groups is 1. The van der Waals surface area contributed by atoms with Crippen molar-refractivity contribution >= 4 is 27.7 Å². The van der Waals surface area contributed by atoms with Crippen molar-refractivity contribution < 1.29 is 19.8 Å². The zero-order chi connectivity index (χ0) is 20.5. The van der Waals surface area contributed by atoms with Gasteiger partial charge in [-0.25, -0.2) is 0 Å². The number of fused-ring (bicyclic) bond motifs is 5. The van der Waals surface area contributed by atoms with Crippen LogP contribution in [-0.4, -0.2) is 32.4 Å². The Kier molecular flexibility index (Phi) is 4.90. The molecule has 8 atom stereocenters. The number of halogens is 1. The molecule has 28 heavy (non-hydrogen) atoms. The van der Waals surface area contributed by atoms with Crippen LogP contribution in [0.5, 0.6) is 0 Å². The first-order valence-corrected chi connectivity index (χ1v) is 11.7. The quantitative estimate of drug-likeness (QED) is 0.606. The van der Waals surface area contributed by atoms with Crippen molar-refractivity contribution in [2.24, 2.45) is 34.5 Å². The highest BCUT2D eigenvalue weighted by Crippen LogP contribution is 2.68. The summed E-state index contributed by atoms with van der Waals surface area (Å²) in [6, 6.07) is 0. The molecular weight excluding hydrogens is 420 g/mol. The van der Waals surface area contributed by atoms with Crippen LogP contribution in [0.3, 0.4) is 0 Å². The van der Waals surface area contributed by atoms with Crippen LogP contribution in [0.1, 0.15) is 72.1 Å². The van der Waals surface area contributed by atoms with Gasteiger partial charge < -0.3 is 10.2 Å². The first kappa shape index (κ1) is 20.6. The lowest BCUT2D eigenvalue weighted by Crippen LogP contribution is -2.55. The highest BCUT2D eigenvalue weighted by atomic mass is 79.9. The zero-order valence-corrected chi connectivity index (χ0v) is 18.8. The van der Waals surface area contributed by atoms with E-state index < -0.39 is 11.6 Å². The van der Waals surface area contributed by atoms with Crippen molar-refractivity contribution in [3.05, 3.63) is 11.6 Å². The smallest absolute Gasteiger partial charge is 0.306 e. The monoisotopic (exact) mass is 452 g/mol. The van der Waals surface area contributed by atoms with Crippen LogP contribution in [0.25, 0.3) is 0 Å². The summed E-state index contributed by atoms with van der Waals surface area (Å²) in [7, 11) is 0.